The predicted octanol–water partition coefficient (Wildman–Crippen LogP) is 0.456. The number of nitrogens with one attached hydrogen (secondary N) is 2. The summed E-state index contributed by atoms with van der Waals surface area (Å²) < 4.78 is 28.1. The van der Waals surface area contributed by atoms with E-state index >= 15 is 0 Å². The lowest BCUT2D eigenvalue weighted by atomic mass is 10.4. The van der Waals surface area contributed by atoms with E-state index in [1.165, 1.54) is 6.20 Å². The van der Waals surface area contributed by atoms with Gasteiger partial charge in [0, 0.05) is 19.2 Å². The van der Waals surface area contributed by atoms with Gasteiger partial charge in [0.25, 0.3) is 10.0 Å². The predicted molar refractivity (Wildman–Crippen MR) is 70.1 cm³/mol. The Hall–Kier alpha value is -1.67. The smallest absolute Gasteiger partial charge is 0.257 e. The molecule has 19 heavy (non-hydrogen) atoms. The van der Waals surface area contributed by atoms with Gasteiger partial charge in [-0.15, -0.1) is 0 Å². The van der Waals surface area contributed by atoms with Crippen molar-refractivity contribution in [3.05, 3.63) is 30.0 Å². The van der Waals surface area contributed by atoms with E-state index in [2.05, 4.69) is 19.8 Å². The molecule has 0 aliphatic carbocycles. The summed E-state index contributed by atoms with van der Waals surface area (Å²) in [6.07, 6.45) is 5.60. The zero-order chi connectivity index (χ0) is 13.9. The topological polar surface area (TPSA) is 92.7 Å². The lowest BCUT2D eigenvalue weighted by molar-refractivity contribution is 0.558. The molecular formula is C11H17N5O2S. The second-order valence-corrected chi connectivity index (χ2v) is 5.96. The SMILES string of the molecule is CCc1ncc(S(=O)(=O)NCCn2cc(C)cn2)[nH]1. The molecule has 2 N–H and O–H groups in total. The Labute approximate surface area is 112 Å². The van der Waals surface area contributed by atoms with Crippen molar-refractivity contribution in [1.82, 2.24) is 24.5 Å². The van der Waals surface area contributed by atoms with Crippen LogP contribution < -0.4 is 4.72 Å². The summed E-state index contributed by atoms with van der Waals surface area (Å²) >= 11 is 0. The van der Waals surface area contributed by atoms with Crippen molar-refractivity contribution >= 4 is 10.0 Å². The van der Waals surface area contributed by atoms with Crippen molar-refractivity contribution in [3.63, 3.8) is 0 Å². The summed E-state index contributed by atoms with van der Waals surface area (Å²) in [6.45, 7) is 4.61. The summed E-state index contributed by atoms with van der Waals surface area (Å²) in [6, 6.07) is 0. The van der Waals surface area contributed by atoms with E-state index in [0.29, 0.717) is 18.8 Å². The number of aromatic nitrogens is 4. The fourth-order valence-corrected chi connectivity index (χ4v) is 2.58. The van der Waals surface area contributed by atoms with Crippen LogP contribution in [-0.2, 0) is 23.0 Å². The molecule has 0 aliphatic rings. The molecular weight excluding hydrogens is 266 g/mol. The summed E-state index contributed by atoms with van der Waals surface area (Å²) in [5.41, 5.74) is 1.05. The fourth-order valence-electron chi connectivity index (χ4n) is 1.62. The van der Waals surface area contributed by atoms with Crippen molar-refractivity contribution < 1.29 is 8.42 Å². The van der Waals surface area contributed by atoms with Crippen LogP contribution in [-0.4, -0.2) is 34.7 Å². The number of hydrogen-bond acceptors (Lipinski definition) is 4. The largest absolute Gasteiger partial charge is 0.332 e. The van der Waals surface area contributed by atoms with Gasteiger partial charge in [-0.1, -0.05) is 6.92 Å². The summed E-state index contributed by atoms with van der Waals surface area (Å²) in [5, 5.41) is 4.19. The van der Waals surface area contributed by atoms with Crippen LogP contribution in [0.1, 0.15) is 18.3 Å². The van der Waals surface area contributed by atoms with Crippen molar-refractivity contribution in [1.29, 1.82) is 0 Å². The molecule has 0 amide bonds. The Bertz CT molecular complexity index is 644. The van der Waals surface area contributed by atoms with Crippen LogP contribution in [0.4, 0.5) is 0 Å². The maximum Gasteiger partial charge on any atom is 0.257 e. The number of nitrogens with zero attached hydrogens (tertiary/aromatic N) is 3. The first-order valence-corrected chi connectivity index (χ1v) is 7.52. The van der Waals surface area contributed by atoms with Gasteiger partial charge in [-0.25, -0.2) is 18.1 Å². The standard InChI is InChI=1S/C11H17N5O2S/c1-3-10-12-7-11(15-10)19(17,18)14-4-5-16-8-9(2)6-13-16/h6-8,14H,3-5H2,1-2H3,(H,12,15). The van der Waals surface area contributed by atoms with E-state index in [1.54, 1.807) is 10.9 Å². The number of aromatic amines is 1. The summed E-state index contributed by atoms with van der Waals surface area (Å²) in [5.74, 6) is 0.656. The Morgan fingerprint density at radius 1 is 1.42 bits per heavy atom. The van der Waals surface area contributed by atoms with E-state index < -0.39 is 10.0 Å². The van der Waals surface area contributed by atoms with Crippen LogP contribution in [0.3, 0.4) is 0 Å². The van der Waals surface area contributed by atoms with E-state index in [4.69, 9.17) is 0 Å². The van der Waals surface area contributed by atoms with Crippen molar-refractivity contribution in [3.8, 4) is 0 Å². The Kier molecular flexibility index (Phi) is 4.01. The highest BCUT2D eigenvalue weighted by molar-refractivity contribution is 7.89. The highest BCUT2D eigenvalue weighted by Crippen LogP contribution is 2.05. The lowest BCUT2D eigenvalue weighted by Gasteiger charge is -2.04. The maximum atomic E-state index is 11.9. The van der Waals surface area contributed by atoms with E-state index in [9.17, 15) is 8.42 Å². The molecule has 2 heterocycles. The normalized spacial score (nSPS) is 11.9. The molecule has 2 aromatic rings. The molecule has 8 heteroatoms. The number of imidazole rings is 1. The third kappa shape index (κ3) is 3.42. The molecule has 7 nitrogen and oxygen atoms in total. The number of H-pyrrole nitrogens is 1. The molecule has 0 unspecified atom stereocenters. The minimum atomic E-state index is -3.52. The molecule has 0 radical (unpaired) electrons. The van der Waals surface area contributed by atoms with Crippen LogP contribution in [0.2, 0.25) is 0 Å². The minimum Gasteiger partial charge on any atom is -0.332 e. The van der Waals surface area contributed by atoms with Crippen molar-refractivity contribution in [2.24, 2.45) is 0 Å². The summed E-state index contributed by atoms with van der Waals surface area (Å²) in [7, 11) is -3.52. The van der Waals surface area contributed by atoms with Crippen molar-refractivity contribution in [2.75, 3.05) is 6.54 Å². The second-order valence-electron chi connectivity index (χ2n) is 4.23. The van der Waals surface area contributed by atoms with Crippen LogP contribution in [0.15, 0.2) is 23.6 Å². The van der Waals surface area contributed by atoms with Crippen LogP contribution in [0.25, 0.3) is 0 Å². The number of sulfonamides is 1. The van der Waals surface area contributed by atoms with Crippen LogP contribution in [0.5, 0.6) is 0 Å². The molecule has 0 aromatic carbocycles. The monoisotopic (exact) mass is 283 g/mol. The zero-order valence-electron chi connectivity index (χ0n) is 10.9. The van der Waals surface area contributed by atoms with Gasteiger partial charge in [0.05, 0.1) is 18.9 Å². The quantitative estimate of drug-likeness (QED) is 0.805. The molecule has 2 aromatic heterocycles. The first-order valence-electron chi connectivity index (χ1n) is 6.04. The average molecular weight is 283 g/mol. The molecule has 0 atom stereocenters. The highest BCUT2D eigenvalue weighted by Gasteiger charge is 2.16. The molecule has 0 bridgehead atoms. The molecule has 0 spiro atoms. The minimum absolute atomic E-state index is 0.0981. The van der Waals surface area contributed by atoms with Crippen LogP contribution >= 0.6 is 0 Å². The molecule has 0 fully saturated rings. The first-order chi connectivity index (χ1) is 9.01. The molecule has 104 valence electrons. The molecule has 0 aliphatic heterocycles. The number of rotatable bonds is 6. The van der Waals surface area contributed by atoms with Gasteiger partial charge < -0.3 is 4.98 Å². The molecule has 2 rings (SSSR count). The van der Waals surface area contributed by atoms with E-state index in [1.807, 2.05) is 20.0 Å². The van der Waals surface area contributed by atoms with E-state index in [0.717, 1.165) is 5.56 Å². The number of hydrogen-bond donors (Lipinski definition) is 2. The van der Waals surface area contributed by atoms with Gasteiger partial charge in [-0.05, 0) is 12.5 Å². The van der Waals surface area contributed by atoms with Gasteiger partial charge in [0.15, 0.2) is 5.03 Å². The van der Waals surface area contributed by atoms with Gasteiger partial charge >= 0.3 is 0 Å². The number of aryl methyl sites for hydroxylation is 2. The highest BCUT2D eigenvalue weighted by atomic mass is 32.2. The van der Waals surface area contributed by atoms with E-state index in [-0.39, 0.29) is 11.6 Å². The average Bonchev–Trinajstić information content (AvgIpc) is 2.98. The second kappa shape index (κ2) is 5.54. The Morgan fingerprint density at radius 3 is 2.79 bits per heavy atom. The van der Waals surface area contributed by atoms with Gasteiger partial charge in [0.2, 0.25) is 0 Å². The van der Waals surface area contributed by atoms with Gasteiger partial charge in [-0.3, -0.25) is 4.68 Å². The zero-order valence-corrected chi connectivity index (χ0v) is 11.7. The maximum absolute atomic E-state index is 11.9. The van der Waals surface area contributed by atoms with Gasteiger partial charge in [0.1, 0.15) is 5.82 Å². The van der Waals surface area contributed by atoms with Crippen molar-refractivity contribution in [2.45, 2.75) is 31.8 Å². The summed E-state index contributed by atoms with van der Waals surface area (Å²) in [4.78, 5) is 6.75. The third-order valence-electron chi connectivity index (χ3n) is 2.62. The Morgan fingerprint density at radius 2 is 2.21 bits per heavy atom. The molecule has 0 saturated heterocycles. The Balaban J connectivity index is 1.94. The lowest BCUT2D eigenvalue weighted by Crippen LogP contribution is -2.27. The first kappa shape index (κ1) is 13.8. The van der Waals surface area contributed by atoms with Gasteiger partial charge in [-0.2, -0.15) is 5.10 Å². The van der Waals surface area contributed by atoms with Crippen LogP contribution in [0, 0.1) is 6.92 Å². The molecule has 0 saturated carbocycles. The third-order valence-corrected chi connectivity index (χ3v) is 4.00. The fraction of sp³-hybridized carbons (Fsp3) is 0.455.